The molecule has 0 amide bonds. The van der Waals surface area contributed by atoms with Crippen molar-refractivity contribution in [3.05, 3.63) is 234 Å². The first-order valence-electron chi connectivity index (χ1n) is 20.4. The van der Waals surface area contributed by atoms with Crippen LogP contribution in [-0.4, -0.2) is 9.13 Å². The van der Waals surface area contributed by atoms with Gasteiger partial charge in [-0.1, -0.05) is 152 Å². The molecule has 1 atom stereocenters. The molecule has 0 fully saturated rings. The fourth-order valence-corrected chi connectivity index (χ4v) is 10.5. The first-order valence-corrected chi connectivity index (χ1v) is 20.4. The number of benzene rings is 7. The van der Waals surface area contributed by atoms with Crippen molar-refractivity contribution < 1.29 is 0 Å². The van der Waals surface area contributed by atoms with E-state index >= 15 is 0 Å². The summed E-state index contributed by atoms with van der Waals surface area (Å²) in [7, 11) is 0. The Kier molecular flexibility index (Phi) is 7.13. The maximum Gasteiger partial charge on any atom is 0.0740 e. The third-order valence-corrected chi connectivity index (χ3v) is 13.0. The molecular formula is C55H40N2. The van der Waals surface area contributed by atoms with Crippen molar-refractivity contribution in [3.63, 3.8) is 0 Å². The third-order valence-electron chi connectivity index (χ3n) is 13.0. The molecule has 12 rings (SSSR count). The molecule has 0 saturated heterocycles. The summed E-state index contributed by atoms with van der Waals surface area (Å²) in [5, 5.41) is 3.93. The number of aryl methyl sites for hydroxylation is 1. The standard InChI is InChI=1S/C55H40N2/c1-5-16-37(17-6-1)39-28-31-51-46(34-39)47-35-40(38-18-7-2-8-19-38)29-32-52(47)56(51)43-30-33-53-49(36-43)55(41-20-9-3-10-21-41,42-22-11-4-12-23-42)48-26-15-25-45-44-24-13-14-27-50(44)57(53)54(45)48/h1-14,16-18,20-24,26-36,38H,15,19,25H2. The molecular weight excluding hydrogens is 689 g/mol. The number of aromatic nitrogens is 2. The average Bonchev–Trinajstić information content (AvgIpc) is 3.81. The van der Waals surface area contributed by atoms with Gasteiger partial charge < -0.3 is 9.13 Å². The number of rotatable bonds is 5. The van der Waals surface area contributed by atoms with Crippen molar-refractivity contribution >= 4 is 38.3 Å². The van der Waals surface area contributed by atoms with Crippen molar-refractivity contribution in [2.24, 2.45) is 0 Å². The Morgan fingerprint density at radius 1 is 0.526 bits per heavy atom. The van der Waals surface area contributed by atoms with Crippen molar-refractivity contribution in [3.8, 4) is 22.5 Å². The van der Waals surface area contributed by atoms with Gasteiger partial charge >= 0.3 is 0 Å². The van der Waals surface area contributed by atoms with Gasteiger partial charge in [-0.05, 0) is 112 Å². The highest BCUT2D eigenvalue weighted by molar-refractivity contribution is 6.11. The zero-order valence-electron chi connectivity index (χ0n) is 31.6. The van der Waals surface area contributed by atoms with Gasteiger partial charge in [0, 0.05) is 27.8 Å². The van der Waals surface area contributed by atoms with Gasteiger partial charge in [-0.15, -0.1) is 0 Å². The largest absolute Gasteiger partial charge is 0.309 e. The van der Waals surface area contributed by atoms with Crippen molar-refractivity contribution in [1.29, 1.82) is 0 Å². The molecule has 57 heavy (non-hydrogen) atoms. The van der Waals surface area contributed by atoms with Gasteiger partial charge in [0.05, 0.1) is 33.3 Å². The molecule has 3 aliphatic rings. The van der Waals surface area contributed by atoms with Crippen molar-refractivity contribution in [2.45, 2.75) is 30.6 Å². The summed E-state index contributed by atoms with van der Waals surface area (Å²) in [5.74, 6) is 0.371. The molecule has 0 N–H and O–H groups in total. The molecule has 3 heterocycles. The van der Waals surface area contributed by atoms with Crippen LogP contribution in [-0.2, 0) is 11.8 Å². The van der Waals surface area contributed by atoms with Crippen LogP contribution in [0.2, 0.25) is 0 Å². The van der Waals surface area contributed by atoms with E-state index in [1.165, 1.54) is 94.3 Å². The molecule has 9 aromatic rings. The van der Waals surface area contributed by atoms with Crippen molar-refractivity contribution in [1.82, 2.24) is 9.13 Å². The van der Waals surface area contributed by atoms with E-state index in [9.17, 15) is 0 Å². The second-order valence-corrected chi connectivity index (χ2v) is 15.9. The van der Waals surface area contributed by atoms with E-state index in [2.05, 4.69) is 209 Å². The van der Waals surface area contributed by atoms with E-state index in [1.807, 2.05) is 0 Å². The van der Waals surface area contributed by atoms with Crippen LogP contribution in [0.1, 0.15) is 52.3 Å². The maximum atomic E-state index is 2.58. The van der Waals surface area contributed by atoms with Crippen LogP contribution >= 0.6 is 0 Å². The molecule has 2 aliphatic carbocycles. The van der Waals surface area contributed by atoms with Crippen LogP contribution in [0.3, 0.4) is 0 Å². The Balaban J connectivity index is 1.19. The van der Waals surface area contributed by atoms with E-state index in [0.29, 0.717) is 5.92 Å². The normalized spacial score (nSPS) is 16.5. The lowest BCUT2D eigenvalue weighted by molar-refractivity contribution is 0.739. The predicted molar refractivity (Wildman–Crippen MR) is 238 cm³/mol. The lowest BCUT2D eigenvalue weighted by atomic mass is 9.60. The van der Waals surface area contributed by atoms with Crippen LogP contribution in [0.5, 0.6) is 0 Å². The quantitative estimate of drug-likeness (QED) is 0.167. The Morgan fingerprint density at radius 3 is 1.96 bits per heavy atom. The Bertz CT molecular complexity index is 3100. The number of fused-ring (bicyclic) bond motifs is 8. The minimum absolute atomic E-state index is 0.371. The first-order chi connectivity index (χ1) is 28.3. The lowest BCUT2D eigenvalue weighted by Gasteiger charge is -2.45. The van der Waals surface area contributed by atoms with E-state index in [0.717, 1.165) is 19.3 Å². The minimum atomic E-state index is -0.527. The van der Waals surface area contributed by atoms with Crippen LogP contribution in [0.4, 0.5) is 0 Å². The molecule has 0 saturated carbocycles. The van der Waals surface area contributed by atoms with Crippen LogP contribution in [0.25, 0.3) is 60.8 Å². The summed E-state index contributed by atoms with van der Waals surface area (Å²) in [5.41, 5.74) is 17.5. The Morgan fingerprint density at radius 2 is 1.21 bits per heavy atom. The molecule has 0 radical (unpaired) electrons. The monoisotopic (exact) mass is 728 g/mol. The Labute approximate surface area is 333 Å². The highest BCUT2D eigenvalue weighted by Crippen LogP contribution is 2.58. The topological polar surface area (TPSA) is 9.86 Å². The van der Waals surface area contributed by atoms with Gasteiger partial charge in [0.15, 0.2) is 0 Å². The van der Waals surface area contributed by atoms with Gasteiger partial charge in [-0.3, -0.25) is 0 Å². The van der Waals surface area contributed by atoms with Crippen LogP contribution in [0.15, 0.2) is 200 Å². The SMILES string of the molecule is C1=CCC(c2ccc3c(c2)c2cc(-c4ccccc4)ccc2n3-c2ccc3c(c2)C(c2ccccc2)(c2ccccc2)C2=CCCc4c2n-3c2ccccc42)C=C1. The molecule has 0 spiro atoms. The Hall–Kier alpha value is -6.90. The fraction of sp³-hybridized carbons (Fsp3) is 0.0909. The van der Waals surface area contributed by atoms with Crippen LogP contribution < -0.4 is 0 Å². The summed E-state index contributed by atoms with van der Waals surface area (Å²) >= 11 is 0. The first kappa shape index (κ1) is 32.4. The molecule has 7 aromatic carbocycles. The number of nitrogens with zero attached hydrogens (tertiary/aromatic N) is 2. The zero-order chi connectivity index (χ0) is 37.5. The van der Waals surface area contributed by atoms with E-state index in [-0.39, 0.29) is 0 Å². The molecule has 270 valence electrons. The average molecular weight is 729 g/mol. The van der Waals surface area contributed by atoms with Gasteiger partial charge in [-0.2, -0.15) is 0 Å². The number of hydrogen-bond donors (Lipinski definition) is 0. The van der Waals surface area contributed by atoms with Crippen LogP contribution in [0, 0.1) is 0 Å². The van der Waals surface area contributed by atoms with E-state index < -0.39 is 5.41 Å². The van der Waals surface area contributed by atoms with E-state index in [4.69, 9.17) is 0 Å². The molecule has 2 nitrogen and oxygen atoms in total. The summed E-state index contributed by atoms with van der Waals surface area (Å²) in [6, 6.07) is 63.9. The van der Waals surface area contributed by atoms with Crippen molar-refractivity contribution in [2.75, 3.05) is 0 Å². The summed E-state index contributed by atoms with van der Waals surface area (Å²) in [6.45, 7) is 0. The number of para-hydroxylation sites is 1. The second kappa shape index (κ2) is 12.6. The zero-order valence-corrected chi connectivity index (χ0v) is 31.6. The van der Waals surface area contributed by atoms with Gasteiger partial charge in [0.25, 0.3) is 0 Å². The summed E-state index contributed by atoms with van der Waals surface area (Å²) < 4.78 is 5.10. The smallest absolute Gasteiger partial charge is 0.0740 e. The van der Waals surface area contributed by atoms with Gasteiger partial charge in [-0.25, -0.2) is 0 Å². The summed E-state index contributed by atoms with van der Waals surface area (Å²) in [4.78, 5) is 0. The third kappa shape index (κ3) is 4.65. The highest BCUT2D eigenvalue weighted by Gasteiger charge is 2.48. The van der Waals surface area contributed by atoms with Gasteiger partial charge in [0.1, 0.15) is 0 Å². The lowest BCUT2D eigenvalue weighted by Crippen LogP contribution is -2.37. The molecule has 2 aromatic heterocycles. The van der Waals surface area contributed by atoms with E-state index in [1.54, 1.807) is 0 Å². The van der Waals surface area contributed by atoms with Gasteiger partial charge in [0.2, 0.25) is 0 Å². The molecule has 1 unspecified atom stereocenters. The molecule has 2 heteroatoms. The molecule has 0 bridgehead atoms. The number of allylic oxidation sites excluding steroid dienone is 6. The second-order valence-electron chi connectivity index (χ2n) is 15.9. The molecule has 1 aliphatic heterocycles. The highest BCUT2D eigenvalue weighted by atomic mass is 15.0. The number of hydrogen-bond acceptors (Lipinski definition) is 0. The maximum absolute atomic E-state index is 2.58. The fourth-order valence-electron chi connectivity index (χ4n) is 10.5. The predicted octanol–water partition coefficient (Wildman–Crippen LogP) is 13.7. The minimum Gasteiger partial charge on any atom is -0.309 e. The summed E-state index contributed by atoms with van der Waals surface area (Å²) in [6.07, 6.45) is 14.6.